The molecule has 11 heteroatoms. The van der Waals surface area contributed by atoms with Gasteiger partial charge in [0.15, 0.2) is 11.5 Å². The highest BCUT2D eigenvalue weighted by Crippen LogP contribution is 2.31. The van der Waals surface area contributed by atoms with Crippen molar-refractivity contribution in [3.8, 4) is 17.0 Å². The topological polar surface area (TPSA) is 106 Å². The van der Waals surface area contributed by atoms with E-state index < -0.39 is 17.4 Å². The van der Waals surface area contributed by atoms with Crippen LogP contribution in [0.2, 0.25) is 0 Å². The molecule has 0 aliphatic heterocycles. The van der Waals surface area contributed by atoms with Gasteiger partial charge in [-0.15, -0.1) is 0 Å². The molecule has 1 aromatic carbocycles. The Kier molecular flexibility index (Phi) is 6.50. The maximum absolute atomic E-state index is 15.1. The van der Waals surface area contributed by atoms with Crippen LogP contribution in [0, 0.1) is 18.6 Å². The Morgan fingerprint density at radius 1 is 1.24 bits per heavy atom. The Bertz CT molecular complexity index is 1340. The number of pyridine rings is 1. The number of benzene rings is 1. The largest absolute Gasteiger partial charge is 0.480 e. The zero-order valence-electron chi connectivity index (χ0n) is 18.1. The summed E-state index contributed by atoms with van der Waals surface area (Å²) in [5, 5.41) is 7.06. The lowest BCUT2D eigenvalue weighted by molar-refractivity contribution is 0.103. The molecule has 0 fully saturated rings. The molecule has 8 nitrogen and oxygen atoms in total. The molecule has 4 rings (SSSR count). The number of H-pyrrole nitrogens is 1. The van der Waals surface area contributed by atoms with Crippen LogP contribution in [0.1, 0.15) is 35.2 Å². The first kappa shape index (κ1) is 22.6. The number of aromatic nitrogens is 5. The van der Waals surface area contributed by atoms with Gasteiger partial charge in [-0.3, -0.25) is 9.89 Å². The molecule has 0 saturated heterocycles. The number of halogens is 2. The lowest BCUT2D eigenvalue weighted by Crippen LogP contribution is -2.08. The number of nitrogens with one attached hydrogen (secondary N) is 2. The summed E-state index contributed by atoms with van der Waals surface area (Å²) in [7, 11) is 1.49. The molecule has 170 valence electrons. The van der Waals surface area contributed by atoms with Crippen LogP contribution in [0.3, 0.4) is 0 Å². The highest BCUT2D eigenvalue weighted by Gasteiger charge is 2.24. The van der Waals surface area contributed by atoms with E-state index in [-0.39, 0.29) is 22.6 Å². The summed E-state index contributed by atoms with van der Waals surface area (Å²) < 4.78 is 37.2. The molecule has 0 bridgehead atoms. The predicted octanol–water partition coefficient (Wildman–Crippen LogP) is 4.71. The molecule has 3 heterocycles. The Hall–Kier alpha value is -3.60. The number of hydrogen-bond acceptors (Lipinski definition) is 8. The number of aryl methyl sites for hydroxylation is 1. The molecule has 0 radical (unpaired) electrons. The van der Waals surface area contributed by atoms with E-state index >= 15 is 4.39 Å². The van der Waals surface area contributed by atoms with Gasteiger partial charge in [-0.05, 0) is 31.5 Å². The first-order valence-corrected chi connectivity index (χ1v) is 11.1. The van der Waals surface area contributed by atoms with Crippen molar-refractivity contribution in [2.45, 2.75) is 20.3 Å². The second-order valence-corrected chi connectivity index (χ2v) is 8.00. The summed E-state index contributed by atoms with van der Waals surface area (Å²) in [4.78, 5) is 25.9. The highest BCUT2D eigenvalue weighted by molar-refractivity contribution is 8.00. The van der Waals surface area contributed by atoms with Crippen LogP contribution in [-0.2, 0) is 0 Å². The molecule has 2 N–H and O–H groups in total. The molecular weight excluding hydrogens is 450 g/mol. The quantitative estimate of drug-likeness (QED) is 0.217. The molecule has 0 saturated carbocycles. The number of fused-ring (bicyclic) bond motifs is 1. The monoisotopic (exact) mass is 470 g/mol. The van der Waals surface area contributed by atoms with Crippen molar-refractivity contribution in [1.29, 1.82) is 0 Å². The molecule has 4 aromatic rings. The van der Waals surface area contributed by atoms with E-state index in [0.717, 1.165) is 30.5 Å². The Morgan fingerprint density at radius 2 is 2.06 bits per heavy atom. The van der Waals surface area contributed by atoms with Crippen LogP contribution in [0.15, 0.2) is 30.6 Å². The Labute approximate surface area is 192 Å². The van der Waals surface area contributed by atoms with Gasteiger partial charge in [0.2, 0.25) is 11.7 Å². The fourth-order valence-corrected chi connectivity index (χ4v) is 3.84. The normalized spacial score (nSPS) is 11.1. The van der Waals surface area contributed by atoms with Crippen molar-refractivity contribution in [1.82, 2.24) is 25.1 Å². The average molecular weight is 471 g/mol. The highest BCUT2D eigenvalue weighted by atomic mass is 32.2. The predicted molar refractivity (Wildman–Crippen MR) is 122 cm³/mol. The van der Waals surface area contributed by atoms with Crippen LogP contribution in [0.5, 0.6) is 5.88 Å². The average Bonchev–Trinajstić information content (AvgIpc) is 3.24. The molecule has 0 aliphatic rings. The van der Waals surface area contributed by atoms with Crippen LogP contribution in [0.4, 0.5) is 14.5 Å². The minimum absolute atomic E-state index is 0.0315. The van der Waals surface area contributed by atoms with Gasteiger partial charge in [-0.2, -0.15) is 10.1 Å². The summed E-state index contributed by atoms with van der Waals surface area (Å²) in [6, 6.07) is 3.85. The van der Waals surface area contributed by atoms with E-state index in [4.69, 9.17) is 4.74 Å². The molecule has 0 atom stereocenters. The minimum atomic E-state index is -0.968. The summed E-state index contributed by atoms with van der Waals surface area (Å²) in [5.41, 5.74) is 0.821. The van der Waals surface area contributed by atoms with Crippen molar-refractivity contribution >= 4 is 34.5 Å². The standard InChI is InChI=1S/C22H20F2N6O2S/c1-4-7-33-30-19-16(23)6-5-13(17(19)24)20(31)18-14-8-12(9-26-21(14)29-28-18)15-10-25-11(2)27-22(15)32-3/h5-6,8-10,30H,4,7H2,1-3H3,(H,26,28,29). The lowest BCUT2D eigenvalue weighted by Gasteiger charge is -2.10. The Balaban J connectivity index is 1.76. The third-order valence-corrected chi connectivity index (χ3v) is 5.79. The lowest BCUT2D eigenvalue weighted by atomic mass is 10.0. The van der Waals surface area contributed by atoms with Crippen molar-refractivity contribution in [2.24, 2.45) is 0 Å². The van der Waals surface area contributed by atoms with Gasteiger partial charge >= 0.3 is 0 Å². The van der Waals surface area contributed by atoms with Crippen molar-refractivity contribution in [3.63, 3.8) is 0 Å². The summed E-state index contributed by atoms with van der Waals surface area (Å²) in [5.74, 6) is -0.878. The summed E-state index contributed by atoms with van der Waals surface area (Å²) in [6.45, 7) is 3.69. The summed E-state index contributed by atoms with van der Waals surface area (Å²) in [6.07, 6.45) is 3.97. The van der Waals surface area contributed by atoms with Crippen LogP contribution >= 0.6 is 11.9 Å². The zero-order valence-corrected chi connectivity index (χ0v) is 18.9. The van der Waals surface area contributed by atoms with Gasteiger partial charge in [0.1, 0.15) is 23.0 Å². The number of rotatable bonds is 8. The van der Waals surface area contributed by atoms with Gasteiger partial charge < -0.3 is 9.46 Å². The van der Waals surface area contributed by atoms with E-state index in [1.807, 2.05) is 6.92 Å². The van der Waals surface area contributed by atoms with Gasteiger partial charge in [0.05, 0.1) is 23.6 Å². The number of methoxy groups -OCH3 is 1. The van der Waals surface area contributed by atoms with E-state index in [1.165, 1.54) is 7.11 Å². The van der Waals surface area contributed by atoms with Crippen molar-refractivity contribution < 1.29 is 18.3 Å². The third kappa shape index (κ3) is 4.36. The van der Waals surface area contributed by atoms with E-state index in [0.29, 0.717) is 34.0 Å². The first-order valence-electron chi connectivity index (χ1n) is 10.1. The summed E-state index contributed by atoms with van der Waals surface area (Å²) >= 11 is 1.16. The zero-order chi connectivity index (χ0) is 23.5. The second kappa shape index (κ2) is 9.49. The second-order valence-electron chi connectivity index (χ2n) is 7.10. The number of ketones is 1. The SMILES string of the molecule is CCCSNc1c(F)ccc(C(=O)c2[nH]nc3ncc(-c4cnc(C)nc4OC)cc23)c1F. The molecule has 0 amide bonds. The van der Waals surface area contributed by atoms with Crippen LogP contribution in [0.25, 0.3) is 22.2 Å². The van der Waals surface area contributed by atoms with Crippen molar-refractivity contribution in [2.75, 3.05) is 17.6 Å². The number of carbonyl (C=O) groups is 1. The number of nitrogens with zero attached hydrogens (tertiary/aromatic N) is 4. The first-order chi connectivity index (χ1) is 15.9. The van der Waals surface area contributed by atoms with Gasteiger partial charge in [-0.1, -0.05) is 18.9 Å². The molecule has 0 unspecified atom stereocenters. The van der Waals surface area contributed by atoms with Gasteiger partial charge in [0, 0.05) is 23.7 Å². The molecule has 3 aromatic heterocycles. The van der Waals surface area contributed by atoms with E-state index in [9.17, 15) is 9.18 Å². The number of hydrogen-bond donors (Lipinski definition) is 2. The fraction of sp³-hybridized carbons (Fsp3) is 0.227. The fourth-order valence-electron chi connectivity index (χ4n) is 3.20. The molecule has 0 spiro atoms. The smallest absolute Gasteiger partial charge is 0.224 e. The van der Waals surface area contributed by atoms with Crippen LogP contribution < -0.4 is 9.46 Å². The van der Waals surface area contributed by atoms with Crippen LogP contribution in [-0.4, -0.2) is 43.8 Å². The molecular formula is C22H20F2N6O2S. The number of anilines is 1. The number of carbonyl (C=O) groups excluding carboxylic acids is 1. The third-order valence-electron chi connectivity index (χ3n) is 4.83. The minimum Gasteiger partial charge on any atom is -0.480 e. The van der Waals surface area contributed by atoms with E-state index in [2.05, 4.69) is 29.9 Å². The number of aromatic amines is 1. The maximum Gasteiger partial charge on any atom is 0.224 e. The molecule has 0 aliphatic carbocycles. The Morgan fingerprint density at radius 3 is 2.82 bits per heavy atom. The number of ether oxygens (including phenoxy) is 1. The van der Waals surface area contributed by atoms with Gasteiger partial charge in [-0.25, -0.2) is 18.7 Å². The molecule has 33 heavy (non-hydrogen) atoms. The van der Waals surface area contributed by atoms with Crippen molar-refractivity contribution in [3.05, 3.63) is 59.3 Å². The van der Waals surface area contributed by atoms with E-state index in [1.54, 1.807) is 25.4 Å². The van der Waals surface area contributed by atoms with Gasteiger partial charge in [0.25, 0.3) is 0 Å². The maximum atomic E-state index is 15.1.